The van der Waals surface area contributed by atoms with Gasteiger partial charge in [0.15, 0.2) is 0 Å². The molecular weight excluding hydrogens is 233 g/mol. The molecule has 1 aromatic rings. The Morgan fingerprint density at radius 3 is 2.83 bits per heavy atom. The Labute approximate surface area is 107 Å². The Hall–Kier alpha value is -1.29. The van der Waals surface area contributed by atoms with E-state index in [9.17, 15) is 4.39 Å². The van der Waals surface area contributed by atoms with Crippen LogP contribution in [-0.2, 0) is 4.74 Å². The lowest BCUT2D eigenvalue weighted by Gasteiger charge is -2.20. The third-order valence-electron chi connectivity index (χ3n) is 3.12. The van der Waals surface area contributed by atoms with E-state index < -0.39 is 0 Å². The minimum Gasteiger partial charge on any atom is -0.492 e. The number of benzene rings is 1. The van der Waals surface area contributed by atoms with Crippen LogP contribution in [0, 0.1) is 11.7 Å². The van der Waals surface area contributed by atoms with Gasteiger partial charge < -0.3 is 14.8 Å². The zero-order chi connectivity index (χ0) is 13.0. The van der Waals surface area contributed by atoms with Gasteiger partial charge in [-0.25, -0.2) is 4.39 Å². The van der Waals surface area contributed by atoms with Crippen LogP contribution in [0.15, 0.2) is 18.2 Å². The maximum Gasteiger partial charge on any atom is 0.145 e. The van der Waals surface area contributed by atoms with Gasteiger partial charge in [-0.1, -0.05) is 0 Å². The standard InChI is InChI=1S/C14H20FNO2/c1-3-18-14-8-11(15)6-7-12(14)16-13(9-17-2)10-4-5-10/h6-8,10,13,16H,3-5,9H2,1-2H3. The number of halogens is 1. The first-order chi connectivity index (χ1) is 8.74. The Balaban J connectivity index is 2.10. The smallest absolute Gasteiger partial charge is 0.145 e. The molecule has 0 spiro atoms. The monoisotopic (exact) mass is 253 g/mol. The van der Waals surface area contributed by atoms with E-state index in [0.29, 0.717) is 24.9 Å². The van der Waals surface area contributed by atoms with Gasteiger partial charge in [0.05, 0.1) is 24.9 Å². The molecule has 1 aliphatic rings. The van der Waals surface area contributed by atoms with E-state index in [2.05, 4.69) is 5.32 Å². The topological polar surface area (TPSA) is 30.5 Å². The second-order valence-corrected chi connectivity index (χ2v) is 4.62. The van der Waals surface area contributed by atoms with Gasteiger partial charge in [-0.2, -0.15) is 0 Å². The summed E-state index contributed by atoms with van der Waals surface area (Å²) >= 11 is 0. The number of methoxy groups -OCH3 is 1. The summed E-state index contributed by atoms with van der Waals surface area (Å²) < 4.78 is 23.9. The third kappa shape index (κ3) is 3.35. The van der Waals surface area contributed by atoms with E-state index in [1.54, 1.807) is 13.2 Å². The van der Waals surface area contributed by atoms with Crippen LogP contribution in [0.1, 0.15) is 19.8 Å². The van der Waals surface area contributed by atoms with Crippen molar-refractivity contribution in [2.45, 2.75) is 25.8 Å². The summed E-state index contributed by atoms with van der Waals surface area (Å²) in [6.45, 7) is 3.08. The second kappa shape index (κ2) is 6.05. The molecule has 3 nitrogen and oxygen atoms in total. The highest BCUT2D eigenvalue weighted by Gasteiger charge is 2.31. The molecule has 0 radical (unpaired) electrons. The molecule has 1 saturated carbocycles. The summed E-state index contributed by atoms with van der Waals surface area (Å²) in [5.74, 6) is 0.947. The predicted octanol–water partition coefficient (Wildman–Crippen LogP) is 3.06. The molecule has 0 aromatic heterocycles. The Morgan fingerprint density at radius 1 is 1.44 bits per heavy atom. The quantitative estimate of drug-likeness (QED) is 0.810. The molecule has 0 bridgehead atoms. The minimum atomic E-state index is -0.279. The van der Waals surface area contributed by atoms with Gasteiger partial charge in [-0.15, -0.1) is 0 Å². The van der Waals surface area contributed by atoms with E-state index in [0.717, 1.165) is 5.69 Å². The number of hydrogen-bond donors (Lipinski definition) is 1. The molecular formula is C14H20FNO2. The van der Waals surface area contributed by atoms with Crippen LogP contribution in [0.4, 0.5) is 10.1 Å². The first kappa shape index (κ1) is 13.1. The van der Waals surface area contributed by atoms with Crippen LogP contribution in [0.25, 0.3) is 0 Å². The fourth-order valence-electron chi connectivity index (χ4n) is 2.06. The lowest BCUT2D eigenvalue weighted by atomic mass is 10.1. The Kier molecular flexibility index (Phi) is 4.42. The average molecular weight is 253 g/mol. The predicted molar refractivity (Wildman–Crippen MR) is 69.6 cm³/mol. The van der Waals surface area contributed by atoms with Crippen LogP contribution in [-0.4, -0.2) is 26.4 Å². The summed E-state index contributed by atoms with van der Waals surface area (Å²) in [5, 5.41) is 3.41. The van der Waals surface area contributed by atoms with Crippen molar-refractivity contribution in [1.29, 1.82) is 0 Å². The van der Waals surface area contributed by atoms with Crippen molar-refractivity contribution in [3.8, 4) is 5.75 Å². The normalized spacial score (nSPS) is 16.4. The van der Waals surface area contributed by atoms with E-state index in [1.165, 1.54) is 25.0 Å². The molecule has 18 heavy (non-hydrogen) atoms. The SMILES string of the molecule is CCOc1cc(F)ccc1NC(COC)C1CC1. The van der Waals surface area contributed by atoms with Gasteiger partial charge in [0.1, 0.15) is 11.6 Å². The van der Waals surface area contributed by atoms with Crippen LogP contribution in [0.2, 0.25) is 0 Å². The lowest BCUT2D eigenvalue weighted by Crippen LogP contribution is -2.27. The fourth-order valence-corrected chi connectivity index (χ4v) is 2.06. The van der Waals surface area contributed by atoms with Crippen molar-refractivity contribution >= 4 is 5.69 Å². The van der Waals surface area contributed by atoms with Crippen molar-refractivity contribution in [2.24, 2.45) is 5.92 Å². The minimum absolute atomic E-state index is 0.277. The van der Waals surface area contributed by atoms with E-state index in [1.807, 2.05) is 6.92 Å². The fraction of sp³-hybridized carbons (Fsp3) is 0.571. The molecule has 0 aliphatic heterocycles. The number of hydrogen-bond acceptors (Lipinski definition) is 3. The lowest BCUT2D eigenvalue weighted by molar-refractivity contribution is 0.179. The number of ether oxygens (including phenoxy) is 2. The average Bonchev–Trinajstić information content (AvgIpc) is 3.16. The van der Waals surface area contributed by atoms with Crippen molar-refractivity contribution in [2.75, 3.05) is 25.6 Å². The van der Waals surface area contributed by atoms with Gasteiger partial charge in [-0.3, -0.25) is 0 Å². The first-order valence-corrected chi connectivity index (χ1v) is 6.42. The summed E-state index contributed by atoms with van der Waals surface area (Å²) in [4.78, 5) is 0. The third-order valence-corrected chi connectivity index (χ3v) is 3.12. The molecule has 0 amide bonds. The summed E-state index contributed by atoms with van der Waals surface area (Å²) in [5.41, 5.74) is 0.840. The highest BCUT2D eigenvalue weighted by Crippen LogP contribution is 2.36. The van der Waals surface area contributed by atoms with Crippen molar-refractivity contribution in [3.63, 3.8) is 0 Å². The molecule has 1 N–H and O–H groups in total. The number of nitrogens with one attached hydrogen (secondary N) is 1. The van der Waals surface area contributed by atoms with Crippen LogP contribution in [0.5, 0.6) is 5.75 Å². The molecule has 1 atom stereocenters. The molecule has 1 aromatic carbocycles. The molecule has 1 aliphatic carbocycles. The van der Waals surface area contributed by atoms with Gasteiger partial charge >= 0.3 is 0 Å². The van der Waals surface area contributed by atoms with Gasteiger partial charge in [-0.05, 0) is 37.8 Å². The van der Waals surface area contributed by atoms with Crippen LogP contribution < -0.4 is 10.1 Å². The summed E-state index contributed by atoms with van der Waals surface area (Å²) in [6, 6.07) is 4.87. The Bertz CT molecular complexity index is 393. The van der Waals surface area contributed by atoms with Gasteiger partial charge in [0.2, 0.25) is 0 Å². The molecule has 0 heterocycles. The maximum absolute atomic E-state index is 13.2. The highest BCUT2D eigenvalue weighted by molar-refractivity contribution is 5.57. The van der Waals surface area contributed by atoms with E-state index in [-0.39, 0.29) is 11.9 Å². The van der Waals surface area contributed by atoms with Crippen LogP contribution in [0.3, 0.4) is 0 Å². The zero-order valence-electron chi connectivity index (χ0n) is 10.9. The van der Waals surface area contributed by atoms with Gasteiger partial charge in [0.25, 0.3) is 0 Å². The van der Waals surface area contributed by atoms with Crippen molar-refractivity contribution < 1.29 is 13.9 Å². The zero-order valence-corrected chi connectivity index (χ0v) is 10.9. The Morgan fingerprint density at radius 2 is 2.22 bits per heavy atom. The molecule has 0 saturated heterocycles. The number of rotatable bonds is 7. The maximum atomic E-state index is 13.2. The summed E-state index contributed by atoms with van der Waals surface area (Å²) in [6.07, 6.45) is 2.46. The largest absolute Gasteiger partial charge is 0.492 e. The van der Waals surface area contributed by atoms with E-state index in [4.69, 9.17) is 9.47 Å². The van der Waals surface area contributed by atoms with Crippen molar-refractivity contribution in [1.82, 2.24) is 0 Å². The van der Waals surface area contributed by atoms with Crippen molar-refractivity contribution in [3.05, 3.63) is 24.0 Å². The molecule has 100 valence electrons. The number of anilines is 1. The first-order valence-electron chi connectivity index (χ1n) is 6.42. The molecule has 1 fully saturated rings. The van der Waals surface area contributed by atoms with Gasteiger partial charge in [0, 0.05) is 13.2 Å². The molecule has 2 rings (SSSR count). The summed E-state index contributed by atoms with van der Waals surface area (Å²) in [7, 11) is 1.70. The molecule has 1 unspecified atom stereocenters. The highest BCUT2D eigenvalue weighted by atomic mass is 19.1. The van der Waals surface area contributed by atoms with E-state index >= 15 is 0 Å². The second-order valence-electron chi connectivity index (χ2n) is 4.62. The molecule has 4 heteroatoms. The van der Waals surface area contributed by atoms with Crippen LogP contribution >= 0.6 is 0 Å².